The maximum absolute atomic E-state index is 14.2. The highest BCUT2D eigenvalue weighted by molar-refractivity contribution is 6.42. The molecule has 0 fully saturated rings. The molecule has 0 unspecified atom stereocenters. The van der Waals surface area contributed by atoms with Crippen LogP contribution in [0.4, 0.5) is 33.2 Å². The predicted molar refractivity (Wildman–Crippen MR) is 117 cm³/mol. The van der Waals surface area contributed by atoms with E-state index in [1.54, 1.807) is 18.2 Å². The number of rotatable bonds is 7. The molecule has 1 aliphatic rings. The van der Waals surface area contributed by atoms with Gasteiger partial charge in [-0.25, -0.2) is 14.8 Å². The van der Waals surface area contributed by atoms with Gasteiger partial charge in [0.25, 0.3) is 0 Å². The van der Waals surface area contributed by atoms with Crippen LogP contribution in [0, 0.1) is 5.82 Å². The number of aliphatic hydroxyl groups is 1. The highest BCUT2D eigenvalue weighted by Gasteiger charge is 2.19. The number of fused-ring (bicyclic) bond motifs is 1. The second-order valence-electron chi connectivity index (χ2n) is 6.68. The van der Waals surface area contributed by atoms with Gasteiger partial charge in [-0.05, 0) is 42.3 Å². The van der Waals surface area contributed by atoms with Crippen LogP contribution in [0.2, 0.25) is 10.0 Å². The van der Waals surface area contributed by atoms with Gasteiger partial charge in [-0.3, -0.25) is 0 Å². The van der Waals surface area contributed by atoms with Crippen LogP contribution < -0.4 is 21.1 Å². The van der Waals surface area contributed by atoms with E-state index in [0.29, 0.717) is 28.7 Å². The number of aliphatic hydroxyl groups excluding tert-OH is 1. The van der Waals surface area contributed by atoms with E-state index in [1.165, 1.54) is 0 Å². The van der Waals surface area contributed by atoms with Crippen molar-refractivity contribution < 1.29 is 9.50 Å². The van der Waals surface area contributed by atoms with Crippen molar-refractivity contribution in [2.75, 3.05) is 28.8 Å². The molecular weight excluding hydrogens is 430 g/mol. The van der Waals surface area contributed by atoms with E-state index in [-0.39, 0.29) is 18.4 Å². The standard InChI is InChI=1S/C20H19Cl2FN6O/c21-15-5-4-13(8-16(15)22)26-19-17(23)11-24-20(28-19)27-14-3-2-12-10-25-29(6-1-7-30)18(12)9-14/h2-5,8-9,11,25,30H,1,6-7,10H2,(H2,24,26,27,28). The van der Waals surface area contributed by atoms with Crippen LogP contribution in [-0.2, 0) is 6.54 Å². The van der Waals surface area contributed by atoms with Gasteiger partial charge in [0, 0.05) is 31.1 Å². The molecule has 30 heavy (non-hydrogen) atoms. The fourth-order valence-electron chi connectivity index (χ4n) is 3.09. The van der Waals surface area contributed by atoms with Gasteiger partial charge < -0.3 is 20.7 Å². The van der Waals surface area contributed by atoms with Gasteiger partial charge in [0.05, 0.1) is 21.9 Å². The van der Waals surface area contributed by atoms with Crippen LogP contribution in [-0.4, -0.2) is 28.2 Å². The Morgan fingerprint density at radius 3 is 2.70 bits per heavy atom. The number of nitrogens with zero attached hydrogens (tertiary/aromatic N) is 3. The van der Waals surface area contributed by atoms with Crippen LogP contribution >= 0.6 is 23.2 Å². The highest BCUT2D eigenvalue weighted by Crippen LogP contribution is 2.30. The highest BCUT2D eigenvalue weighted by atomic mass is 35.5. The third-order valence-corrected chi connectivity index (χ3v) is 5.30. The molecule has 1 aromatic heterocycles. The van der Waals surface area contributed by atoms with Gasteiger partial charge in [0.15, 0.2) is 11.6 Å². The van der Waals surface area contributed by atoms with Gasteiger partial charge in [-0.2, -0.15) is 4.98 Å². The Bertz CT molecular complexity index is 1070. The smallest absolute Gasteiger partial charge is 0.229 e. The molecule has 0 radical (unpaired) electrons. The zero-order valence-corrected chi connectivity index (χ0v) is 17.3. The number of benzene rings is 2. The Hall–Kier alpha value is -2.65. The van der Waals surface area contributed by atoms with Crippen molar-refractivity contribution in [2.24, 2.45) is 0 Å². The third kappa shape index (κ3) is 4.57. The van der Waals surface area contributed by atoms with Crippen molar-refractivity contribution in [2.45, 2.75) is 13.0 Å². The second kappa shape index (κ2) is 9.01. The van der Waals surface area contributed by atoms with Crippen molar-refractivity contribution in [3.05, 3.63) is 64.0 Å². The Balaban J connectivity index is 1.53. The number of hydrogen-bond acceptors (Lipinski definition) is 7. The average Bonchev–Trinajstić information content (AvgIpc) is 3.14. The molecule has 7 nitrogen and oxygen atoms in total. The Morgan fingerprint density at radius 2 is 1.90 bits per heavy atom. The van der Waals surface area contributed by atoms with Crippen LogP contribution in [0.5, 0.6) is 0 Å². The molecule has 4 N–H and O–H groups in total. The molecule has 0 amide bonds. The molecule has 2 heterocycles. The van der Waals surface area contributed by atoms with Gasteiger partial charge >= 0.3 is 0 Å². The number of halogens is 3. The summed E-state index contributed by atoms with van der Waals surface area (Å²) in [5, 5.41) is 17.8. The van der Waals surface area contributed by atoms with Gasteiger partial charge in [0.2, 0.25) is 5.95 Å². The Labute approximate surface area is 182 Å². The van der Waals surface area contributed by atoms with E-state index in [1.807, 2.05) is 23.2 Å². The summed E-state index contributed by atoms with van der Waals surface area (Å²) in [4.78, 5) is 8.25. The third-order valence-electron chi connectivity index (χ3n) is 4.56. The quantitative estimate of drug-likeness (QED) is 0.419. The summed E-state index contributed by atoms with van der Waals surface area (Å²) in [6, 6.07) is 10.8. The molecule has 0 aliphatic carbocycles. The van der Waals surface area contributed by atoms with Crippen LogP contribution in [0.3, 0.4) is 0 Å². The van der Waals surface area contributed by atoms with Gasteiger partial charge in [0.1, 0.15) is 0 Å². The van der Waals surface area contributed by atoms with E-state index in [9.17, 15) is 4.39 Å². The van der Waals surface area contributed by atoms with Crippen LogP contribution in [0.25, 0.3) is 0 Å². The summed E-state index contributed by atoms with van der Waals surface area (Å²) in [5.74, 6) is -0.343. The molecule has 0 atom stereocenters. The summed E-state index contributed by atoms with van der Waals surface area (Å²) < 4.78 is 14.2. The average molecular weight is 449 g/mol. The molecule has 0 saturated heterocycles. The van der Waals surface area contributed by atoms with Crippen molar-refractivity contribution in [1.82, 2.24) is 15.4 Å². The lowest BCUT2D eigenvalue weighted by Gasteiger charge is -2.19. The van der Waals surface area contributed by atoms with Crippen LogP contribution in [0.15, 0.2) is 42.6 Å². The molecule has 0 bridgehead atoms. The minimum Gasteiger partial charge on any atom is -0.396 e. The summed E-state index contributed by atoms with van der Waals surface area (Å²) >= 11 is 11.9. The monoisotopic (exact) mass is 448 g/mol. The van der Waals surface area contributed by atoms with Gasteiger partial charge in [-0.1, -0.05) is 29.3 Å². The molecule has 2 aromatic carbocycles. The number of aromatic nitrogens is 2. The first-order valence-electron chi connectivity index (χ1n) is 9.30. The minimum atomic E-state index is -0.597. The second-order valence-corrected chi connectivity index (χ2v) is 7.49. The first-order chi connectivity index (χ1) is 14.5. The van der Waals surface area contributed by atoms with E-state index in [2.05, 4.69) is 26.0 Å². The molecule has 10 heteroatoms. The minimum absolute atomic E-state index is 0.0123. The number of anilines is 5. The molecule has 4 rings (SSSR count). The van der Waals surface area contributed by atoms with Crippen molar-refractivity contribution in [3.8, 4) is 0 Å². The van der Waals surface area contributed by atoms with Crippen LogP contribution in [0.1, 0.15) is 12.0 Å². The summed E-state index contributed by atoms with van der Waals surface area (Å²) in [6.07, 6.45) is 1.76. The number of hydrogen-bond donors (Lipinski definition) is 4. The predicted octanol–water partition coefficient (Wildman–Crippen LogP) is 4.62. The molecule has 156 valence electrons. The lowest BCUT2D eigenvalue weighted by Crippen LogP contribution is -2.33. The topological polar surface area (TPSA) is 85.3 Å². The molecule has 3 aromatic rings. The van der Waals surface area contributed by atoms with Gasteiger partial charge in [-0.15, -0.1) is 0 Å². The lowest BCUT2D eigenvalue weighted by atomic mass is 10.1. The maximum Gasteiger partial charge on any atom is 0.229 e. The number of hydrazine groups is 1. The fourth-order valence-corrected chi connectivity index (χ4v) is 3.39. The molecular formula is C20H19Cl2FN6O. The van der Waals surface area contributed by atoms with E-state index >= 15 is 0 Å². The Morgan fingerprint density at radius 1 is 1.10 bits per heavy atom. The van der Waals surface area contributed by atoms with Crippen molar-refractivity contribution in [1.29, 1.82) is 0 Å². The normalized spacial score (nSPS) is 12.7. The largest absolute Gasteiger partial charge is 0.396 e. The van der Waals surface area contributed by atoms with Crippen molar-refractivity contribution >= 4 is 52.0 Å². The maximum atomic E-state index is 14.2. The SMILES string of the molecule is OCCCN1NCc2ccc(Nc3ncc(F)c(Nc4ccc(Cl)c(Cl)c4)n3)cc21. The van der Waals surface area contributed by atoms with E-state index in [0.717, 1.165) is 29.7 Å². The first-order valence-corrected chi connectivity index (χ1v) is 10.1. The summed E-state index contributed by atoms with van der Waals surface area (Å²) in [7, 11) is 0. The first kappa shape index (κ1) is 20.6. The molecule has 1 aliphatic heterocycles. The fraction of sp³-hybridized carbons (Fsp3) is 0.200. The summed E-state index contributed by atoms with van der Waals surface area (Å²) in [6.45, 7) is 1.55. The van der Waals surface area contributed by atoms with Crippen molar-refractivity contribution in [3.63, 3.8) is 0 Å². The van der Waals surface area contributed by atoms with E-state index < -0.39 is 5.82 Å². The zero-order chi connectivity index (χ0) is 21.1. The lowest BCUT2D eigenvalue weighted by molar-refractivity contribution is 0.288. The number of nitrogens with one attached hydrogen (secondary N) is 3. The summed E-state index contributed by atoms with van der Waals surface area (Å²) in [5.41, 5.74) is 6.77. The molecule has 0 saturated carbocycles. The van der Waals surface area contributed by atoms with E-state index in [4.69, 9.17) is 28.3 Å². The Kier molecular flexibility index (Phi) is 6.19. The molecule has 0 spiro atoms. The zero-order valence-electron chi connectivity index (χ0n) is 15.8.